The van der Waals surface area contributed by atoms with Gasteiger partial charge in [0.25, 0.3) is 0 Å². The Bertz CT molecular complexity index is 1640. The van der Waals surface area contributed by atoms with Crippen molar-refractivity contribution in [3.8, 4) is 5.75 Å². The maximum absolute atomic E-state index is 14.2. The fourth-order valence-electron chi connectivity index (χ4n) is 5.67. The zero-order valence-corrected chi connectivity index (χ0v) is 26.7. The number of methoxy groups -OCH3 is 1. The molecule has 0 bridgehead atoms. The molecule has 0 aliphatic carbocycles. The number of aliphatic carboxylic acids is 1. The molecule has 236 valence electrons. The number of piperidine rings is 1. The van der Waals surface area contributed by atoms with E-state index in [0.29, 0.717) is 39.7 Å². The van der Waals surface area contributed by atoms with Crippen LogP contribution in [0.2, 0.25) is 0 Å². The van der Waals surface area contributed by atoms with Crippen LogP contribution in [0.15, 0.2) is 46.7 Å². The van der Waals surface area contributed by atoms with Crippen molar-refractivity contribution < 1.29 is 46.4 Å². The summed E-state index contributed by atoms with van der Waals surface area (Å²) in [5, 5.41) is 10.4. The van der Waals surface area contributed by atoms with Crippen molar-refractivity contribution in [1.82, 2.24) is 14.2 Å². The van der Waals surface area contributed by atoms with Crippen LogP contribution in [-0.2, 0) is 24.3 Å². The van der Waals surface area contributed by atoms with Crippen molar-refractivity contribution in [2.24, 2.45) is 5.92 Å². The van der Waals surface area contributed by atoms with Crippen molar-refractivity contribution in [3.63, 3.8) is 0 Å². The molecule has 0 radical (unpaired) electrons. The van der Waals surface area contributed by atoms with Crippen molar-refractivity contribution in [3.05, 3.63) is 53.8 Å². The third kappa shape index (κ3) is 5.80. The minimum absolute atomic E-state index is 0.0735. The third-order valence-corrected chi connectivity index (χ3v) is 10.8. The largest absolute Gasteiger partial charge is 0.502 e. The Morgan fingerprint density at radius 3 is 2.52 bits per heavy atom. The summed E-state index contributed by atoms with van der Waals surface area (Å²) < 4.78 is 44.7. The highest BCUT2D eigenvalue weighted by atomic mass is 32.2. The highest BCUT2D eigenvalue weighted by molar-refractivity contribution is 8.22. The van der Waals surface area contributed by atoms with Crippen LogP contribution in [0, 0.1) is 5.92 Å². The SMILES string of the molecule is COc1ccccc1C(C[N+]1=C2SC(c3ncco3)=C(C)C2C(=O)N(C(C)(C)C(=O)O)C1=O)OC1CCN(S(C)(=O)=O)CC1. The maximum Gasteiger partial charge on any atom is 0.502 e. The van der Waals surface area contributed by atoms with E-state index in [-0.39, 0.29) is 31.6 Å². The van der Waals surface area contributed by atoms with Crippen LogP contribution in [0.5, 0.6) is 5.75 Å². The van der Waals surface area contributed by atoms with Crippen molar-refractivity contribution in [1.29, 1.82) is 0 Å². The molecule has 1 fully saturated rings. The number of carbonyl (C=O) groups is 3. The summed E-state index contributed by atoms with van der Waals surface area (Å²) in [6.07, 6.45) is 3.83. The average molecular weight is 648 g/mol. The van der Waals surface area contributed by atoms with E-state index in [0.717, 1.165) is 4.90 Å². The van der Waals surface area contributed by atoms with E-state index in [4.69, 9.17) is 13.9 Å². The second kappa shape index (κ2) is 12.1. The van der Waals surface area contributed by atoms with Gasteiger partial charge in [-0.3, -0.25) is 0 Å². The lowest BCUT2D eigenvalue weighted by Gasteiger charge is -2.35. The van der Waals surface area contributed by atoms with E-state index in [1.54, 1.807) is 19.1 Å². The van der Waals surface area contributed by atoms with Gasteiger partial charge >= 0.3 is 17.9 Å². The van der Waals surface area contributed by atoms with Gasteiger partial charge in [0, 0.05) is 18.7 Å². The quantitative estimate of drug-likeness (QED) is 0.377. The van der Waals surface area contributed by atoms with Crippen LogP contribution in [0.1, 0.15) is 51.2 Å². The van der Waals surface area contributed by atoms with Crippen LogP contribution < -0.4 is 4.74 Å². The van der Waals surface area contributed by atoms with Crippen LogP contribution in [-0.4, -0.2) is 99.9 Å². The molecule has 2 atom stereocenters. The Balaban J connectivity index is 1.58. The maximum atomic E-state index is 14.2. The lowest BCUT2D eigenvalue weighted by atomic mass is 9.93. The molecule has 2 aromatic rings. The van der Waals surface area contributed by atoms with Gasteiger partial charge in [0.15, 0.2) is 11.0 Å². The Labute approximate surface area is 259 Å². The van der Waals surface area contributed by atoms with Gasteiger partial charge in [-0.2, -0.15) is 9.37 Å². The molecule has 44 heavy (non-hydrogen) atoms. The zero-order valence-electron chi connectivity index (χ0n) is 25.1. The summed E-state index contributed by atoms with van der Waals surface area (Å²) in [4.78, 5) is 46.1. The lowest BCUT2D eigenvalue weighted by Crippen LogP contribution is -2.63. The van der Waals surface area contributed by atoms with E-state index < -0.39 is 45.5 Å². The van der Waals surface area contributed by atoms with E-state index in [2.05, 4.69) is 4.98 Å². The van der Waals surface area contributed by atoms with Gasteiger partial charge in [0.1, 0.15) is 24.7 Å². The topological polar surface area (TPSA) is 160 Å². The number of carbonyl (C=O) groups excluding carboxylic acids is 2. The fraction of sp³-hybridized carbons (Fsp3) is 0.483. The molecule has 1 aromatic heterocycles. The Hall–Kier alpha value is -3.53. The predicted molar refractivity (Wildman–Crippen MR) is 161 cm³/mol. The van der Waals surface area contributed by atoms with Gasteiger partial charge in [-0.15, -0.1) is 4.90 Å². The summed E-state index contributed by atoms with van der Waals surface area (Å²) in [6.45, 7) is 4.87. The van der Waals surface area contributed by atoms with Crippen molar-refractivity contribution in [2.45, 2.75) is 51.4 Å². The highest BCUT2D eigenvalue weighted by Crippen LogP contribution is 2.47. The molecule has 3 aliphatic rings. The molecule has 3 aliphatic heterocycles. The normalized spacial score (nSPS) is 21.2. The monoisotopic (exact) mass is 647 g/mol. The summed E-state index contributed by atoms with van der Waals surface area (Å²) >= 11 is 1.18. The van der Waals surface area contributed by atoms with E-state index in [9.17, 15) is 27.9 Å². The number of para-hydroxylation sites is 1. The van der Waals surface area contributed by atoms with Crippen molar-refractivity contribution in [2.75, 3.05) is 33.0 Å². The predicted octanol–water partition coefficient (Wildman–Crippen LogP) is 3.20. The van der Waals surface area contributed by atoms with Crippen LogP contribution >= 0.6 is 11.8 Å². The highest BCUT2D eigenvalue weighted by Gasteiger charge is 2.60. The summed E-state index contributed by atoms with van der Waals surface area (Å²) in [5.74, 6) is -2.12. The number of urea groups is 1. The Morgan fingerprint density at radius 2 is 1.93 bits per heavy atom. The summed E-state index contributed by atoms with van der Waals surface area (Å²) in [5.41, 5.74) is -0.621. The summed E-state index contributed by atoms with van der Waals surface area (Å²) in [6, 6.07) is 6.41. The standard InChI is InChI=1S/C29H34N4O9S2/c1-17-22-25(34)33(29(2,3)27(35)36)28(37)32(26(22)43-23(17)24-30-12-15-41-24)16-21(19-8-6-7-9-20(19)40-4)42-18-10-13-31(14-11-18)44(5,38)39/h6-9,12,15,18,21-22H,10-11,13-14,16H2,1-5H3/p+1. The number of amides is 3. The van der Waals surface area contributed by atoms with E-state index in [1.807, 2.05) is 12.1 Å². The molecule has 2 unspecified atom stereocenters. The number of oxazole rings is 1. The molecule has 5 rings (SSSR count). The molecule has 1 aromatic carbocycles. The van der Waals surface area contributed by atoms with Crippen molar-refractivity contribution >= 4 is 49.6 Å². The van der Waals surface area contributed by atoms with Gasteiger partial charge in [0.2, 0.25) is 21.5 Å². The molecule has 3 amide bonds. The number of hydrogen-bond acceptors (Lipinski definition) is 10. The molecule has 4 heterocycles. The minimum Gasteiger partial charge on any atom is -0.496 e. The van der Waals surface area contributed by atoms with Gasteiger partial charge in [-0.05, 0) is 57.0 Å². The first kappa shape index (κ1) is 31.9. The number of sulfonamides is 1. The molecule has 1 N–H and O–H groups in total. The van der Waals surface area contributed by atoms with Crippen LogP contribution in [0.3, 0.4) is 0 Å². The number of imide groups is 1. The summed E-state index contributed by atoms with van der Waals surface area (Å²) in [7, 11) is -1.82. The van der Waals surface area contributed by atoms with Crippen LogP contribution in [0.4, 0.5) is 4.79 Å². The molecular weight excluding hydrogens is 612 g/mol. The second-order valence-electron chi connectivity index (χ2n) is 11.4. The number of fused-ring (bicyclic) bond motifs is 1. The Morgan fingerprint density at radius 1 is 1.25 bits per heavy atom. The smallest absolute Gasteiger partial charge is 0.496 e. The fourth-order valence-corrected chi connectivity index (χ4v) is 7.88. The molecule has 0 saturated carbocycles. The zero-order chi connectivity index (χ0) is 32.0. The number of carboxylic acid groups (broad SMARTS) is 1. The third-order valence-electron chi connectivity index (χ3n) is 8.17. The van der Waals surface area contributed by atoms with E-state index >= 15 is 0 Å². The van der Waals surface area contributed by atoms with Gasteiger partial charge in [0.05, 0.1) is 30.6 Å². The number of nitrogens with zero attached hydrogens (tertiary/aromatic N) is 4. The average Bonchev–Trinajstić information content (AvgIpc) is 3.62. The van der Waals surface area contributed by atoms with E-state index in [1.165, 1.54) is 60.3 Å². The number of ether oxygens (including phenoxy) is 2. The van der Waals surface area contributed by atoms with Gasteiger partial charge in [-0.1, -0.05) is 18.2 Å². The molecule has 15 heteroatoms. The minimum atomic E-state index is -3.35. The number of thioether (sulfide) groups is 1. The first-order valence-corrected chi connectivity index (χ1v) is 16.7. The lowest BCUT2D eigenvalue weighted by molar-refractivity contribution is -0.455. The number of aromatic nitrogens is 1. The van der Waals surface area contributed by atoms with Gasteiger partial charge < -0.3 is 19.0 Å². The molecular formula is C29H35N4O9S2+. The number of carboxylic acids is 1. The van der Waals surface area contributed by atoms with Crippen LogP contribution in [0.25, 0.3) is 4.91 Å². The molecule has 1 saturated heterocycles. The Kier molecular flexibility index (Phi) is 8.77. The number of rotatable bonds is 10. The number of hydrogen-bond donors (Lipinski definition) is 1. The first-order chi connectivity index (χ1) is 20.8. The van der Waals surface area contributed by atoms with Gasteiger partial charge in [-0.25, -0.2) is 27.3 Å². The first-order valence-electron chi connectivity index (χ1n) is 14.0. The second-order valence-corrected chi connectivity index (χ2v) is 14.4. The molecule has 13 nitrogen and oxygen atoms in total. The number of benzene rings is 1. The molecule has 0 spiro atoms.